The molecule has 1 aliphatic carbocycles. The number of carbonyl (C=O) groups is 1. The van der Waals surface area contributed by atoms with Crippen molar-refractivity contribution in [2.75, 3.05) is 13.1 Å². The van der Waals surface area contributed by atoms with Crippen molar-refractivity contribution in [1.29, 1.82) is 0 Å². The predicted octanol–water partition coefficient (Wildman–Crippen LogP) is 3.25. The number of fused-ring (bicyclic) bond motifs is 1. The topological polar surface area (TPSA) is 86.6 Å². The number of rotatable bonds is 2. The van der Waals surface area contributed by atoms with Crippen molar-refractivity contribution in [1.82, 2.24) is 14.9 Å². The highest BCUT2D eigenvalue weighted by Gasteiger charge is 2.32. The van der Waals surface area contributed by atoms with Gasteiger partial charge in [-0.05, 0) is 56.4 Å². The summed E-state index contributed by atoms with van der Waals surface area (Å²) in [6.07, 6.45) is 3.50. The minimum Gasteiger partial charge on any atom is -0.390 e. The van der Waals surface area contributed by atoms with Gasteiger partial charge < -0.3 is 15.1 Å². The number of β-amino-alcohol motifs (C(OH)–C–C–N with tert-alkyl or cyclic N) is 1. The van der Waals surface area contributed by atoms with Gasteiger partial charge in [0.15, 0.2) is 0 Å². The largest absolute Gasteiger partial charge is 0.390 e. The van der Waals surface area contributed by atoms with Crippen LogP contribution in [0.1, 0.15) is 73.1 Å². The first-order chi connectivity index (χ1) is 13.2. The molecule has 2 atom stereocenters. The van der Waals surface area contributed by atoms with Crippen molar-refractivity contribution in [2.24, 2.45) is 5.41 Å². The van der Waals surface area contributed by atoms with E-state index in [0.29, 0.717) is 35.8 Å². The van der Waals surface area contributed by atoms with Gasteiger partial charge in [-0.15, -0.1) is 11.3 Å². The molecule has 0 bridgehead atoms. The second-order valence-electron chi connectivity index (χ2n) is 9.10. The highest BCUT2D eigenvalue weighted by Crippen LogP contribution is 2.45. The van der Waals surface area contributed by atoms with E-state index in [-0.39, 0.29) is 12.5 Å². The van der Waals surface area contributed by atoms with Crippen molar-refractivity contribution < 1.29 is 15.0 Å². The van der Waals surface area contributed by atoms with Gasteiger partial charge in [-0.2, -0.15) is 0 Å². The fraction of sp³-hybridized carbons (Fsp3) is 0.667. The molecule has 1 aliphatic heterocycles. The predicted molar refractivity (Wildman–Crippen MR) is 110 cm³/mol. The van der Waals surface area contributed by atoms with Crippen molar-refractivity contribution in [2.45, 2.75) is 71.0 Å². The molecule has 4 rings (SSSR count). The van der Waals surface area contributed by atoms with Gasteiger partial charge in [-0.1, -0.05) is 13.8 Å². The summed E-state index contributed by atoms with van der Waals surface area (Å²) in [6.45, 7) is 7.05. The SMILES string of the molecule is Cc1nc(C(=O)N2CC[C@@H](O)[C@H](O)C2)c2cc(C3CCC(C)(C)CC3)sc2n1. The number of hydrogen-bond donors (Lipinski definition) is 2. The number of amides is 1. The van der Waals surface area contributed by atoms with E-state index < -0.39 is 12.2 Å². The number of aryl methyl sites for hydroxylation is 1. The maximum atomic E-state index is 13.1. The molecule has 2 aliphatic rings. The molecule has 0 spiro atoms. The molecule has 1 saturated heterocycles. The van der Waals surface area contributed by atoms with Gasteiger partial charge in [-0.3, -0.25) is 4.79 Å². The van der Waals surface area contributed by atoms with Gasteiger partial charge in [0.2, 0.25) is 0 Å². The van der Waals surface area contributed by atoms with Crippen molar-refractivity contribution in [3.05, 3.63) is 22.5 Å². The molecule has 1 amide bonds. The first-order valence-electron chi connectivity index (χ1n) is 10.2. The number of aliphatic hydroxyl groups excluding tert-OH is 2. The summed E-state index contributed by atoms with van der Waals surface area (Å²) in [5, 5.41) is 20.5. The average molecular weight is 404 g/mol. The molecule has 6 nitrogen and oxygen atoms in total. The molecule has 152 valence electrons. The highest BCUT2D eigenvalue weighted by atomic mass is 32.1. The summed E-state index contributed by atoms with van der Waals surface area (Å²) in [5.74, 6) is 0.935. The number of aromatic nitrogens is 2. The van der Waals surface area contributed by atoms with E-state index >= 15 is 0 Å². The van der Waals surface area contributed by atoms with Crippen LogP contribution in [0.25, 0.3) is 10.2 Å². The van der Waals surface area contributed by atoms with Crippen LogP contribution in [0.4, 0.5) is 0 Å². The third-order valence-electron chi connectivity index (χ3n) is 6.30. The molecular weight excluding hydrogens is 374 g/mol. The normalized spacial score (nSPS) is 26.0. The third-order valence-corrected chi connectivity index (χ3v) is 7.49. The van der Waals surface area contributed by atoms with Crippen LogP contribution in [-0.2, 0) is 0 Å². The van der Waals surface area contributed by atoms with E-state index in [4.69, 9.17) is 0 Å². The zero-order valence-corrected chi connectivity index (χ0v) is 17.6. The number of aliphatic hydroxyl groups is 2. The summed E-state index contributed by atoms with van der Waals surface area (Å²) < 4.78 is 0. The van der Waals surface area contributed by atoms with Crippen LogP contribution in [-0.4, -0.2) is 56.3 Å². The molecule has 2 fully saturated rings. The molecule has 7 heteroatoms. The Morgan fingerprint density at radius 1 is 1.18 bits per heavy atom. The monoisotopic (exact) mass is 403 g/mol. The van der Waals surface area contributed by atoms with Crippen molar-refractivity contribution in [3.63, 3.8) is 0 Å². The van der Waals surface area contributed by atoms with Gasteiger partial charge in [0, 0.05) is 23.4 Å². The van der Waals surface area contributed by atoms with E-state index in [1.807, 2.05) is 6.92 Å². The lowest BCUT2D eigenvalue weighted by molar-refractivity contribution is -0.0322. The molecule has 2 aromatic rings. The van der Waals surface area contributed by atoms with Gasteiger partial charge in [0.1, 0.15) is 16.3 Å². The summed E-state index contributed by atoms with van der Waals surface area (Å²) in [6, 6.07) is 2.12. The summed E-state index contributed by atoms with van der Waals surface area (Å²) in [7, 11) is 0. The molecule has 3 heterocycles. The van der Waals surface area contributed by atoms with Crippen LogP contribution < -0.4 is 0 Å². The number of likely N-dealkylation sites (tertiary alicyclic amines) is 1. The minimum absolute atomic E-state index is 0.138. The second kappa shape index (κ2) is 7.35. The molecular formula is C21H29N3O3S. The zero-order chi connectivity index (χ0) is 20.1. The van der Waals surface area contributed by atoms with Crippen molar-refractivity contribution in [3.8, 4) is 0 Å². The number of nitrogens with zero attached hydrogens (tertiary/aromatic N) is 3. The summed E-state index contributed by atoms with van der Waals surface area (Å²) >= 11 is 1.69. The molecule has 0 unspecified atom stereocenters. The molecule has 0 radical (unpaired) electrons. The summed E-state index contributed by atoms with van der Waals surface area (Å²) in [5.41, 5.74) is 0.842. The van der Waals surface area contributed by atoms with Gasteiger partial charge in [0.25, 0.3) is 5.91 Å². The lowest BCUT2D eigenvalue weighted by Gasteiger charge is -2.33. The van der Waals surface area contributed by atoms with Gasteiger partial charge in [0.05, 0.1) is 12.2 Å². The van der Waals surface area contributed by atoms with E-state index in [0.717, 1.165) is 10.2 Å². The Balaban J connectivity index is 1.64. The van der Waals surface area contributed by atoms with E-state index in [1.54, 1.807) is 16.2 Å². The Bertz CT molecular complexity index is 884. The van der Waals surface area contributed by atoms with Crippen LogP contribution in [0.5, 0.6) is 0 Å². The smallest absolute Gasteiger partial charge is 0.273 e. The van der Waals surface area contributed by atoms with Crippen LogP contribution in [0, 0.1) is 12.3 Å². The first-order valence-corrected chi connectivity index (χ1v) is 11.0. The summed E-state index contributed by atoms with van der Waals surface area (Å²) in [4.78, 5) is 25.9. The Labute approximate surface area is 169 Å². The van der Waals surface area contributed by atoms with E-state index in [2.05, 4.69) is 29.9 Å². The van der Waals surface area contributed by atoms with Gasteiger partial charge in [-0.25, -0.2) is 9.97 Å². The van der Waals surface area contributed by atoms with E-state index in [9.17, 15) is 15.0 Å². The number of piperidine rings is 1. The number of carbonyl (C=O) groups excluding carboxylic acids is 1. The molecule has 28 heavy (non-hydrogen) atoms. The average Bonchev–Trinajstić information content (AvgIpc) is 3.06. The number of hydrogen-bond acceptors (Lipinski definition) is 6. The van der Waals surface area contributed by atoms with Crippen LogP contribution in [0.3, 0.4) is 0 Å². The molecule has 2 aromatic heterocycles. The quantitative estimate of drug-likeness (QED) is 0.804. The molecule has 2 N–H and O–H groups in total. The Morgan fingerprint density at radius 2 is 1.89 bits per heavy atom. The third kappa shape index (κ3) is 3.80. The lowest BCUT2D eigenvalue weighted by Crippen LogP contribution is -2.49. The van der Waals surface area contributed by atoms with Crippen molar-refractivity contribution >= 4 is 27.5 Å². The second-order valence-corrected chi connectivity index (χ2v) is 10.2. The van der Waals surface area contributed by atoms with Crippen LogP contribution in [0.15, 0.2) is 6.07 Å². The van der Waals surface area contributed by atoms with Crippen LogP contribution in [0.2, 0.25) is 0 Å². The number of thiophene rings is 1. The van der Waals surface area contributed by atoms with E-state index in [1.165, 1.54) is 30.6 Å². The Kier molecular flexibility index (Phi) is 5.18. The zero-order valence-electron chi connectivity index (χ0n) is 16.8. The Morgan fingerprint density at radius 3 is 2.57 bits per heavy atom. The minimum atomic E-state index is -0.903. The maximum absolute atomic E-state index is 13.1. The Hall–Kier alpha value is -1.57. The fourth-order valence-corrected chi connectivity index (χ4v) is 5.59. The lowest BCUT2D eigenvalue weighted by atomic mass is 9.73. The highest BCUT2D eigenvalue weighted by molar-refractivity contribution is 7.18. The van der Waals surface area contributed by atoms with Crippen LogP contribution >= 0.6 is 11.3 Å². The molecule has 0 aromatic carbocycles. The standard InChI is InChI=1S/C21H29N3O3S/c1-12-22-18(20(27)24-9-6-15(25)16(26)11-24)14-10-17(28-19(14)23-12)13-4-7-21(2,3)8-5-13/h10,13,15-16,25-26H,4-9,11H2,1-3H3/t15-,16-/m1/s1. The first kappa shape index (κ1) is 19.7. The fourth-order valence-electron chi connectivity index (χ4n) is 4.35. The van der Waals surface area contributed by atoms with Gasteiger partial charge >= 0.3 is 0 Å². The molecule has 1 saturated carbocycles. The maximum Gasteiger partial charge on any atom is 0.273 e.